The first-order chi connectivity index (χ1) is 9.04. The third-order valence-electron chi connectivity index (χ3n) is 4.36. The van der Waals surface area contributed by atoms with E-state index in [1.54, 1.807) is 0 Å². The van der Waals surface area contributed by atoms with Crippen LogP contribution in [-0.2, 0) is 15.0 Å². The van der Waals surface area contributed by atoms with Crippen molar-refractivity contribution in [3.8, 4) is 0 Å². The molecule has 1 N–H and O–H groups in total. The predicted octanol–water partition coefficient (Wildman–Crippen LogP) is 2.24. The van der Waals surface area contributed by atoms with Crippen LogP contribution in [0.2, 0.25) is 0 Å². The SMILES string of the molecule is Cc1ccc2c(c1)N(CC(=O)O)C(=O)C21CCCC1. The van der Waals surface area contributed by atoms with E-state index >= 15 is 0 Å². The summed E-state index contributed by atoms with van der Waals surface area (Å²) in [7, 11) is 0. The zero-order valence-corrected chi connectivity index (χ0v) is 11.0. The molecular formula is C15H17NO3. The fourth-order valence-electron chi connectivity index (χ4n) is 3.51. The number of anilines is 1. The molecule has 1 heterocycles. The van der Waals surface area contributed by atoms with Crippen LogP contribution in [0, 0.1) is 6.92 Å². The molecule has 1 fully saturated rings. The number of amides is 1. The van der Waals surface area contributed by atoms with Crippen molar-refractivity contribution in [3.05, 3.63) is 29.3 Å². The molecule has 1 amide bonds. The fourth-order valence-corrected chi connectivity index (χ4v) is 3.51. The zero-order valence-electron chi connectivity index (χ0n) is 11.0. The first kappa shape index (κ1) is 12.2. The molecule has 1 aliphatic heterocycles. The van der Waals surface area contributed by atoms with Crippen molar-refractivity contribution in [2.75, 3.05) is 11.4 Å². The van der Waals surface area contributed by atoms with Crippen molar-refractivity contribution < 1.29 is 14.7 Å². The molecule has 0 saturated heterocycles. The number of fused-ring (bicyclic) bond motifs is 2. The minimum absolute atomic E-state index is 0.0204. The molecule has 0 radical (unpaired) electrons. The van der Waals surface area contributed by atoms with Crippen molar-refractivity contribution in [3.63, 3.8) is 0 Å². The Labute approximate surface area is 112 Å². The highest BCUT2D eigenvalue weighted by Crippen LogP contribution is 2.51. The van der Waals surface area contributed by atoms with Crippen molar-refractivity contribution in [1.82, 2.24) is 0 Å². The second kappa shape index (κ2) is 4.08. The lowest BCUT2D eigenvalue weighted by Gasteiger charge is -2.22. The van der Waals surface area contributed by atoms with Gasteiger partial charge in [0.15, 0.2) is 0 Å². The molecule has 1 aromatic carbocycles. The van der Waals surface area contributed by atoms with E-state index in [0.29, 0.717) is 0 Å². The van der Waals surface area contributed by atoms with Crippen molar-refractivity contribution in [1.29, 1.82) is 0 Å². The molecule has 3 rings (SSSR count). The third-order valence-corrected chi connectivity index (χ3v) is 4.36. The Hall–Kier alpha value is -1.84. The normalized spacial score (nSPS) is 20.1. The van der Waals surface area contributed by atoms with Gasteiger partial charge in [0.1, 0.15) is 6.54 Å². The summed E-state index contributed by atoms with van der Waals surface area (Å²) in [6, 6.07) is 5.95. The molecule has 4 heteroatoms. The summed E-state index contributed by atoms with van der Waals surface area (Å²) < 4.78 is 0. The summed E-state index contributed by atoms with van der Waals surface area (Å²) in [5, 5.41) is 9.02. The van der Waals surface area contributed by atoms with Gasteiger partial charge in [-0.1, -0.05) is 25.0 Å². The van der Waals surface area contributed by atoms with Crippen molar-refractivity contribution >= 4 is 17.6 Å². The Balaban J connectivity index is 2.13. The van der Waals surface area contributed by atoms with E-state index < -0.39 is 11.4 Å². The lowest BCUT2D eigenvalue weighted by Crippen LogP contribution is -2.40. The predicted molar refractivity (Wildman–Crippen MR) is 71.3 cm³/mol. The highest BCUT2D eigenvalue weighted by molar-refractivity contribution is 6.10. The Bertz CT molecular complexity index is 559. The number of benzene rings is 1. The van der Waals surface area contributed by atoms with E-state index in [0.717, 1.165) is 42.5 Å². The van der Waals surface area contributed by atoms with Crippen LogP contribution in [0.25, 0.3) is 0 Å². The van der Waals surface area contributed by atoms with Gasteiger partial charge in [-0.2, -0.15) is 0 Å². The highest BCUT2D eigenvalue weighted by atomic mass is 16.4. The molecule has 1 saturated carbocycles. The summed E-state index contributed by atoms with van der Waals surface area (Å²) in [6.45, 7) is 1.72. The van der Waals surface area contributed by atoms with Crippen molar-refractivity contribution in [2.24, 2.45) is 0 Å². The number of hydrogen-bond donors (Lipinski definition) is 1. The van der Waals surface area contributed by atoms with Crippen LogP contribution < -0.4 is 4.90 Å². The maximum atomic E-state index is 12.7. The van der Waals surface area contributed by atoms with Crippen LogP contribution >= 0.6 is 0 Å². The molecule has 1 aliphatic carbocycles. The van der Waals surface area contributed by atoms with Crippen LogP contribution in [0.5, 0.6) is 0 Å². The maximum Gasteiger partial charge on any atom is 0.323 e. The fraction of sp³-hybridized carbons (Fsp3) is 0.467. The molecule has 1 spiro atoms. The molecule has 0 aromatic heterocycles. The zero-order chi connectivity index (χ0) is 13.6. The first-order valence-corrected chi connectivity index (χ1v) is 6.69. The molecule has 4 nitrogen and oxygen atoms in total. The van der Waals surface area contributed by atoms with E-state index in [1.165, 1.54) is 4.90 Å². The largest absolute Gasteiger partial charge is 0.480 e. The molecule has 100 valence electrons. The molecule has 2 aliphatic rings. The Morgan fingerprint density at radius 1 is 1.37 bits per heavy atom. The molecule has 0 atom stereocenters. The molecule has 0 unspecified atom stereocenters. The van der Waals surface area contributed by atoms with E-state index in [-0.39, 0.29) is 12.5 Å². The molecular weight excluding hydrogens is 242 g/mol. The number of nitrogens with zero attached hydrogens (tertiary/aromatic N) is 1. The second-order valence-corrected chi connectivity index (χ2v) is 5.59. The minimum atomic E-state index is -0.962. The van der Waals surface area contributed by atoms with Gasteiger partial charge in [-0.3, -0.25) is 9.59 Å². The van der Waals surface area contributed by atoms with Gasteiger partial charge < -0.3 is 10.0 Å². The molecule has 1 aromatic rings. The Morgan fingerprint density at radius 3 is 2.68 bits per heavy atom. The Kier molecular flexibility index (Phi) is 2.62. The molecule has 19 heavy (non-hydrogen) atoms. The van der Waals surface area contributed by atoms with Gasteiger partial charge in [0, 0.05) is 5.69 Å². The lowest BCUT2D eigenvalue weighted by atomic mass is 9.80. The number of aliphatic carboxylic acids is 1. The average molecular weight is 259 g/mol. The van der Waals surface area contributed by atoms with Crippen LogP contribution in [0.3, 0.4) is 0 Å². The van der Waals surface area contributed by atoms with Gasteiger partial charge in [0.05, 0.1) is 5.41 Å². The first-order valence-electron chi connectivity index (χ1n) is 6.69. The maximum absolute atomic E-state index is 12.7. The minimum Gasteiger partial charge on any atom is -0.480 e. The Morgan fingerprint density at radius 2 is 2.05 bits per heavy atom. The summed E-state index contributed by atoms with van der Waals surface area (Å²) in [4.78, 5) is 25.2. The summed E-state index contributed by atoms with van der Waals surface area (Å²) in [5.74, 6) is -0.983. The smallest absolute Gasteiger partial charge is 0.323 e. The third kappa shape index (κ3) is 1.66. The van der Waals surface area contributed by atoms with E-state index in [1.807, 2.05) is 25.1 Å². The average Bonchev–Trinajstić information content (AvgIpc) is 2.91. The highest BCUT2D eigenvalue weighted by Gasteiger charge is 2.52. The summed E-state index contributed by atoms with van der Waals surface area (Å²) >= 11 is 0. The summed E-state index contributed by atoms with van der Waals surface area (Å²) in [6.07, 6.45) is 3.77. The van der Waals surface area contributed by atoms with Crippen LogP contribution in [0.4, 0.5) is 5.69 Å². The topological polar surface area (TPSA) is 57.6 Å². The van der Waals surface area contributed by atoms with Gasteiger partial charge in [-0.25, -0.2) is 0 Å². The summed E-state index contributed by atoms with van der Waals surface area (Å²) in [5.41, 5.74) is 2.44. The number of aryl methyl sites for hydroxylation is 1. The van der Waals surface area contributed by atoms with Gasteiger partial charge in [-0.15, -0.1) is 0 Å². The number of carbonyl (C=O) groups is 2. The van der Waals surface area contributed by atoms with Crippen LogP contribution in [-0.4, -0.2) is 23.5 Å². The second-order valence-electron chi connectivity index (χ2n) is 5.59. The van der Waals surface area contributed by atoms with Gasteiger partial charge in [-0.05, 0) is 37.0 Å². The number of carbonyl (C=O) groups excluding carboxylic acids is 1. The van der Waals surface area contributed by atoms with E-state index in [9.17, 15) is 9.59 Å². The number of hydrogen-bond acceptors (Lipinski definition) is 2. The van der Waals surface area contributed by atoms with Crippen molar-refractivity contribution in [2.45, 2.75) is 38.0 Å². The van der Waals surface area contributed by atoms with Gasteiger partial charge in [0.2, 0.25) is 5.91 Å². The number of carboxylic acids is 1. The van der Waals surface area contributed by atoms with Gasteiger partial charge >= 0.3 is 5.97 Å². The van der Waals surface area contributed by atoms with E-state index in [2.05, 4.69) is 0 Å². The molecule has 0 bridgehead atoms. The number of carboxylic acid groups (broad SMARTS) is 1. The van der Waals surface area contributed by atoms with Gasteiger partial charge in [0.25, 0.3) is 0 Å². The van der Waals surface area contributed by atoms with Crippen LogP contribution in [0.1, 0.15) is 36.8 Å². The lowest BCUT2D eigenvalue weighted by molar-refractivity contribution is -0.137. The van der Waals surface area contributed by atoms with Crippen LogP contribution in [0.15, 0.2) is 18.2 Å². The van der Waals surface area contributed by atoms with E-state index in [4.69, 9.17) is 5.11 Å². The quantitative estimate of drug-likeness (QED) is 0.886. The standard InChI is InChI=1S/C15H17NO3/c1-10-4-5-11-12(8-10)16(9-13(17)18)14(19)15(11)6-2-3-7-15/h4-5,8H,2-3,6-7,9H2,1H3,(H,17,18). The monoisotopic (exact) mass is 259 g/mol. The number of rotatable bonds is 2.